The Morgan fingerprint density at radius 1 is 1.28 bits per heavy atom. The third-order valence-corrected chi connectivity index (χ3v) is 3.21. The van der Waals surface area contributed by atoms with Gasteiger partial charge in [0.15, 0.2) is 6.29 Å². The van der Waals surface area contributed by atoms with Gasteiger partial charge in [0, 0.05) is 7.11 Å². The van der Waals surface area contributed by atoms with Gasteiger partial charge in [-0.05, 0) is 12.0 Å². The Morgan fingerprint density at radius 3 is 2.61 bits per heavy atom. The van der Waals surface area contributed by atoms with E-state index in [0.29, 0.717) is 6.61 Å². The second kappa shape index (κ2) is 6.29. The number of hydrogen-bond donors (Lipinski definition) is 1. The maximum atomic E-state index is 10.1. The molecule has 0 radical (unpaired) electrons. The van der Waals surface area contributed by atoms with Gasteiger partial charge in [-0.15, -0.1) is 0 Å². The second-order valence-electron chi connectivity index (χ2n) is 4.44. The van der Waals surface area contributed by atoms with Crippen molar-refractivity contribution in [3.8, 4) is 0 Å². The van der Waals surface area contributed by atoms with Gasteiger partial charge in [-0.1, -0.05) is 37.3 Å². The average molecular weight is 252 g/mol. The number of aliphatic hydroxyl groups excluding tert-OH is 1. The van der Waals surface area contributed by atoms with Crippen LogP contribution in [-0.2, 0) is 20.8 Å². The van der Waals surface area contributed by atoms with Crippen molar-refractivity contribution < 1.29 is 19.3 Å². The average Bonchev–Trinajstić information content (AvgIpc) is 2.73. The summed E-state index contributed by atoms with van der Waals surface area (Å²) in [5.74, 6) is 0. The van der Waals surface area contributed by atoms with Crippen LogP contribution in [-0.4, -0.2) is 36.8 Å². The lowest BCUT2D eigenvalue weighted by molar-refractivity contribution is -0.148. The summed E-state index contributed by atoms with van der Waals surface area (Å²) in [5.41, 5.74) is 1.08. The molecule has 0 aliphatic carbocycles. The first-order valence-electron chi connectivity index (χ1n) is 6.28. The summed E-state index contributed by atoms with van der Waals surface area (Å²) >= 11 is 0. The van der Waals surface area contributed by atoms with Gasteiger partial charge in [0.1, 0.15) is 12.2 Å². The van der Waals surface area contributed by atoms with Crippen LogP contribution in [0.5, 0.6) is 0 Å². The summed E-state index contributed by atoms with van der Waals surface area (Å²) in [6.07, 6.45) is -0.982. The first kappa shape index (κ1) is 13.5. The number of benzene rings is 1. The lowest BCUT2D eigenvalue weighted by Gasteiger charge is -2.19. The van der Waals surface area contributed by atoms with E-state index in [9.17, 15) is 5.11 Å². The fraction of sp³-hybridized carbons (Fsp3) is 0.571. The summed E-state index contributed by atoms with van der Waals surface area (Å²) in [7, 11) is 1.53. The smallest absolute Gasteiger partial charge is 0.186 e. The van der Waals surface area contributed by atoms with E-state index in [1.807, 2.05) is 37.3 Å². The summed E-state index contributed by atoms with van der Waals surface area (Å²) in [5, 5.41) is 10.1. The molecule has 1 N–H and O–H groups in total. The molecule has 2 unspecified atom stereocenters. The van der Waals surface area contributed by atoms with Crippen molar-refractivity contribution in [1.82, 2.24) is 0 Å². The molecule has 18 heavy (non-hydrogen) atoms. The quantitative estimate of drug-likeness (QED) is 0.866. The monoisotopic (exact) mass is 252 g/mol. The molecule has 1 aromatic rings. The summed E-state index contributed by atoms with van der Waals surface area (Å²) < 4.78 is 16.4. The topological polar surface area (TPSA) is 47.9 Å². The minimum atomic E-state index is -0.733. The normalized spacial score (nSPS) is 31.7. The molecule has 0 amide bonds. The molecule has 4 heteroatoms. The van der Waals surface area contributed by atoms with E-state index in [1.54, 1.807) is 0 Å². The van der Waals surface area contributed by atoms with Crippen LogP contribution in [0.15, 0.2) is 30.3 Å². The van der Waals surface area contributed by atoms with E-state index < -0.39 is 12.4 Å². The van der Waals surface area contributed by atoms with Crippen molar-refractivity contribution in [1.29, 1.82) is 0 Å². The van der Waals surface area contributed by atoms with Crippen LogP contribution in [0.3, 0.4) is 0 Å². The Morgan fingerprint density at radius 2 is 2.00 bits per heavy atom. The molecule has 2 rings (SSSR count). The fourth-order valence-electron chi connectivity index (χ4n) is 2.20. The first-order chi connectivity index (χ1) is 8.76. The molecule has 100 valence electrons. The van der Waals surface area contributed by atoms with Crippen molar-refractivity contribution in [2.75, 3.05) is 7.11 Å². The zero-order valence-corrected chi connectivity index (χ0v) is 10.8. The van der Waals surface area contributed by atoms with Gasteiger partial charge in [0.05, 0.1) is 12.7 Å². The highest BCUT2D eigenvalue weighted by Gasteiger charge is 2.43. The number of methoxy groups -OCH3 is 1. The zero-order chi connectivity index (χ0) is 13.0. The van der Waals surface area contributed by atoms with Crippen LogP contribution in [0.2, 0.25) is 0 Å². The molecular formula is C14H20O4. The van der Waals surface area contributed by atoms with Crippen molar-refractivity contribution in [3.63, 3.8) is 0 Å². The van der Waals surface area contributed by atoms with Crippen molar-refractivity contribution in [3.05, 3.63) is 35.9 Å². The van der Waals surface area contributed by atoms with Crippen LogP contribution in [0.1, 0.15) is 18.9 Å². The van der Waals surface area contributed by atoms with Gasteiger partial charge in [-0.3, -0.25) is 0 Å². The SMILES string of the molecule is CC[C@H]1OC(OC)C(O)[C@H]1OCc1ccccc1. The van der Waals surface area contributed by atoms with Crippen molar-refractivity contribution >= 4 is 0 Å². The van der Waals surface area contributed by atoms with Crippen molar-refractivity contribution in [2.45, 2.75) is 44.6 Å². The Hall–Kier alpha value is -0.940. The van der Waals surface area contributed by atoms with Crippen LogP contribution >= 0.6 is 0 Å². The van der Waals surface area contributed by atoms with Gasteiger partial charge >= 0.3 is 0 Å². The largest absolute Gasteiger partial charge is 0.385 e. The third kappa shape index (κ3) is 2.90. The number of rotatable bonds is 5. The summed E-state index contributed by atoms with van der Waals surface area (Å²) in [6, 6.07) is 9.89. The van der Waals surface area contributed by atoms with Gasteiger partial charge in [0.2, 0.25) is 0 Å². The molecule has 0 saturated carbocycles. The lowest BCUT2D eigenvalue weighted by Crippen LogP contribution is -2.35. The van der Waals surface area contributed by atoms with E-state index in [-0.39, 0.29) is 12.2 Å². The fourth-order valence-corrected chi connectivity index (χ4v) is 2.20. The number of aliphatic hydroxyl groups is 1. The summed E-state index contributed by atoms with van der Waals surface area (Å²) in [6.45, 7) is 2.48. The Bertz CT molecular complexity index is 352. The van der Waals surface area contributed by atoms with E-state index in [2.05, 4.69) is 0 Å². The third-order valence-electron chi connectivity index (χ3n) is 3.21. The molecule has 1 aromatic carbocycles. The summed E-state index contributed by atoms with van der Waals surface area (Å²) in [4.78, 5) is 0. The van der Waals surface area contributed by atoms with Crippen LogP contribution in [0.25, 0.3) is 0 Å². The lowest BCUT2D eigenvalue weighted by atomic mass is 10.1. The van der Waals surface area contributed by atoms with E-state index in [1.165, 1.54) is 7.11 Å². The highest BCUT2D eigenvalue weighted by Crippen LogP contribution is 2.27. The second-order valence-corrected chi connectivity index (χ2v) is 4.44. The van der Waals surface area contributed by atoms with Crippen LogP contribution in [0, 0.1) is 0 Å². The molecule has 0 bridgehead atoms. The Balaban J connectivity index is 1.95. The zero-order valence-electron chi connectivity index (χ0n) is 10.8. The van der Waals surface area contributed by atoms with E-state index in [4.69, 9.17) is 14.2 Å². The predicted octanol–water partition coefficient (Wildman–Crippen LogP) is 1.71. The highest BCUT2D eigenvalue weighted by molar-refractivity contribution is 5.13. The minimum Gasteiger partial charge on any atom is -0.385 e. The molecule has 1 heterocycles. The van der Waals surface area contributed by atoms with Crippen LogP contribution in [0.4, 0.5) is 0 Å². The van der Waals surface area contributed by atoms with E-state index >= 15 is 0 Å². The molecule has 4 atom stereocenters. The minimum absolute atomic E-state index is 0.117. The molecule has 1 fully saturated rings. The standard InChI is InChI=1S/C14H20O4/c1-3-11-13(12(15)14(16-2)18-11)17-9-10-7-5-4-6-8-10/h4-8,11-15H,3,9H2,1-2H3/t11-,12?,13+,14?/m1/s1. The number of hydrogen-bond acceptors (Lipinski definition) is 4. The van der Waals surface area contributed by atoms with Crippen LogP contribution < -0.4 is 0 Å². The predicted molar refractivity (Wildman–Crippen MR) is 67.0 cm³/mol. The first-order valence-corrected chi connectivity index (χ1v) is 6.28. The highest BCUT2D eigenvalue weighted by atomic mass is 16.7. The van der Waals surface area contributed by atoms with Gasteiger partial charge in [0.25, 0.3) is 0 Å². The van der Waals surface area contributed by atoms with Gasteiger partial charge in [-0.25, -0.2) is 0 Å². The molecule has 0 spiro atoms. The molecule has 1 aliphatic rings. The Kier molecular flexibility index (Phi) is 4.72. The number of ether oxygens (including phenoxy) is 3. The maximum Gasteiger partial charge on any atom is 0.186 e. The molecule has 1 saturated heterocycles. The molecular weight excluding hydrogens is 232 g/mol. The van der Waals surface area contributed by atoms with Crippen molar-refractivity contribution in [2.24, 2.45) is 0 Å². The van der Waals surface area contributed by atoms with Gasteiger partial charge in [-0.2, -0.15) is 0 Å². The maximum absolute atomic E-state index is 10.1. The molecule has 0 aromatic heterocycles. The Labute approximate surface area is 107 Å². The molecule has 1 aliphatic heterocycles. The molecule has 4 nitrogen and oxygen atoms in total. The van der Waals surface area contributed by atoms with E-state index in [0.717, 1.165) is 12.0 Å². The van der Waals surface area contributed by atoms with Gasteiger partial charge < -0.3 is 19.3 Å².